The van der Waals surface area contributed by atoms with Crippen LogP contribution in [0.3, 0.4) is 0 Å². The SMILES string of the molecule is CCCCCCCCCCCC(=O)NCC(C)(C)C(=O)O. The monoisotopic (exact) mass is 299 g/mol. The number of aliphatic carboxylic acids is 1. The highest BCUT2D eigenvalue weighted by molar-refractivity contribution is 5.78. The predicted octanol–water partition coefficient (Wildman–Crippen LogP) is 4.13. The molecule has 21 heavy (non-hydrogen) atoms. The third kappa shape index (κ3) is 11.3. The van der Waals surface area contributed by atoms with Crippen molar-refractivity contribution < 1.29 is 14.7 Å². The van der Waals surface area contributed by atoms with E-state index in [1.54, 1.807) is 13.8 Å². The average Bonchev–Trinajstić information content (AvgIpc) is 2.43. The van der Waals surface area contributed by atoms with Crippen LogP contribution < -0.4 is 5.32 Å². The molecule has 0 fully saturated rings. The van der Waals surface area contributed by atoms with Gasteiger partial charge in [0.2, 0.25) is 5.91 Å². The van der Waals surface area contributed by atoms with Gasteiger partial charge >= 0.3 is 5.97 Å². The zero-order valence-electron chi connectivity index (χ0n) is 14.0. The van der Waals surface area contributed by atoms with Gasteiger partial charge in [-0.1, -0.05) is 58.3 Å². The summed E-state index contributed by atoms with van der Waals surface area (Å²) < 4.78 is 0. The van der Waals surface area contributed by atoms with Crippen LogP contribution in [0.25, 0.3) is 0 Å². The Labute approximate surface area is 129 Å². The van der Waals surface area contributed by atoms with Crippen LogP contribution in [0.4, 0.5) is 0 Å². The van der Waals surface area contributed by atoms with E-state index in [4.69, 9.17) is 5.11 Å². The summed E-state index contributed by atoms with van der Waals surface area (Å²) in [5, 5.41) is 11.7. The van der Waals surface area contributed by atoms with Gasteiger partial charge in [0.25, 0.3) is 0 Å². The molecule has 0 spiro atoms. The fourth-order valence-corrected chi connectivity index (χ4v) is 2.08. The van der Waals surface area contributed by atoms with Crippen molar-refractivity contribution in [2.24, 2.45) is 5.41 Å². The standard InChI is InChI=1S/C17H33NO3/c1-4-5-6-7-8-9-10-11-12-13-15(19)18-14-17(2,3)16(20)21/h4-14H2,1-3H3,(H,18,19)(H,20,21). The van der Waals surface area contributed by atoms with Gasteiger partial charge < -0.3 is 10.4 Å². The second kappa shape index (κ2) is 11.6. The van der Waals surface area contributed by atoms with Crippen LogP contribution in [0.1, 0.15) is 85.0 Å². The normalized spacial score (nSPS) is 11.4. The maximum Gasteiger partial charge on any atom is 0.310 e. The van der Waals surface area contributed by atoms with Crippen LogP contribution in [0.2, 0.25) is 0 Å². The molecule has 0 aliphatic rings. The van der Waals surface area contributed by atoms with Crippen molar-refractivity contribution in [1.82, 2.24) is 5.32 Å². The Hall–Kier alpha value is -1.06. The molecule has 0 aliphatic heterocycles. The van der Waals surface area contributed by atoms with E-state index in [9.17, 15) is 9.59 Å². The Morgan fingerprint density at radius 3 is 1.86 bits per heavy atom. The topological polar surface area (TPSA) is 66.4 Å². The summed E-state index contributed by atoms with van der Waals surface area (Å²) >= 11 is 0. The summed E-state index contributed by atoms with van der Waals surface area (Å²) in [6.45, 7) is 5.66. The molecule has 4 nitrogen and oxygen atoms in total. The molecule has 0 bridgehead atoms. The van der Waals surface area contributed by atoms with Crippen LogP contribution >= 0.6 is 0 Å². The minimum Gasteiger partial charge on any atom is -0.481 e. The lowest BCUT2D eigenvalue weighted by Gasteiger charge is -2.19. The maximum absolute atomic E-state index is 11.6. The first-order valence-electron chi connectivity index (χ1n) is 8.40. The average molecular weight is 299 g/mol. The van der Waals surface area contributed by atoms with Gasteiger partial charge in [-0.2, -0.15) is 0 Å². The van der Waals surface area contributed by atoms with Crippen LogP contribution in [0.5, 0.6) is 0 Å². The van der Waals surface area contributed by atoms with E-state index in [1.165, 1.54) is 44.9 Å². The molecule has 0 aliphatic carbocycles. The molecule has 124 valence electrons. The van der Waals surface area contributed by atoms with Crippen molar-refractivity contribution in [3.8, 4) is 0 Å². The first kappa shape index (κ1) is 19.9. The molecular formula is C17H33NO3. The van der Waals surface area contributed by atoms with Crippen LogP contribution in [0, 0.1) is 5.41 Å². The van der Waals surface area contributed by atoms with Crippen LogP contribution in [-0.4, -0.2) is 23.5 Å². The molecule has 0 rings (SSSR count). The zero-order valence-corrected chi connectivity index (χ0v) is 14.0. The van der Waals surface area contributed by atoms with Crippen molar-refractivity contribution in [3.63, 3.8) is 0 Å². The third-order valence-electron chi connectivity index (χ3n) is 3.81. The van der Waals surface area contributed by atoms with Crippen molar-refractivity contribution in [2.45, 2.75) is 85.0 Å². The first-order chi connectivity index (χ1) is 9.90. The fraction of sp³-hybridized carbons (Fsp3) is 0.882. The summed E-state index contributed by atoms with van der Waals surface area (Å²) in [6.07, 6.45) is 11.6. The molecule has 0 radical (unpaired) electrons. The van der Waals surface area contributed by atoms with Gasteiger partial charge in [-0.25, -0.2) is 0 Å². The minimum atomic E-state index is -0.895. The van der Waals surface area contributed by atoms with Gasteiger partial charge in [-0.05, 0) is 20.3 Å². The lowest BCUT2D eigenvalue weighted by atomic mass is 9.94. The lowest BCUT2D eigenvalue weighted by molar-refractivity contribution is -0.146. The summed E-state index contributed by atoms with van der Waals surface area (Å²) in [7, 11) is 0. The quantitative estimate of drug-likeness (QED) is 0.502. The lowest BCUT2D eigenvalue weighted by Crippen LogP contribution is -2.38. The summed E-state index contributed by atoms with van der Waals surface area (Å²) in [4.78, 5) is 22.5. The fourth-order valence-electron chi connectivity index (χ4n) is 2.08. The predicted molar refractivity (Wildman–Crippen MR) is 86.3 cm³/mol. The van der Waals surface area contributed by atoms with Gasteiger partial charge in [0, 0.05) is 13.0 Å². The molecular weight excluding hydrogens is 266 g/mol. The van der Waals surface area contributed by atoms with Crippen molar-refractivity contribution in [2.75, 3.05) is 6.54 Å². The number of hydrogen-bond donors (Lipinski definition) is 2. The van der Waals surface area contributed by atoms with Crippen LogP contribution in [0.15, 0.2) is 0 Å². The number of carboxylic acids is 1. The summed E-state index contributed by atoms with van der Waals surface area (Å²) in [6, 6.07) is 0. The minimum absolute atomic E-state index is 0.0349. The Balaban J connectivity index is 3.44. The van der Waals surface area contributed by atoms with E-state index >= 15 is 0 Å². The third-order valence-corrected chi connectivity index (χ3v) is 3.81. The smallest absolute Gasteiger partial charge is 0.310 e. The van der Waals surface area contributed by atoms with E-state index in [0.29, 0.717) is 6.42 Å². The summed E-state index contributed by atoms with van der Waals surface area (Å²) in [5.74, 6) is -0.918. The Morgan fingerprint density at radius 1 is 0.905 bits per heavy atom. The van der Waals surface area contributed by atoms with Gasteiger partial charge in [0.15, 0.2) is 0 Å². The molecule has 1 amide bonds. The second-order valence-electron chi connectivity index (χ2n) is 6.54. The Morgan fingerprint density at radius 2 is 1.38 bits per heavy atom. The number of rotatable bonds is 13. The highest BCUT2D eigenvalue weighted by Gasteiger charge is 2.27. The molecule has 0 aromatic heterocycles. The number of carbonyl (C=O) groups excluding carboxylic acids is 1. The van der Waals surface area contributed by atoms with Crippen molar-refractivity contribution in [1.29, 1.82) is 0 Å². The largest absolute Gasteiger partial charge is 0.481 e. The van der Waals surface area contributed by atoms with E-state index in [2.05, 4.69) is 12.2 Å². The molecule has 0 saturated carbocycles. The van der Waals surface area contributed by atoms with Crippen molar-refractivity contribution >= 4 is 11.9 Å². The highest BCUT2D eigenvalue weighted by atomic mass is 16.4. The number of unbranched alkanes of at least 4 members (excludes halogenated alkanes) is 8. The molecule has 0 saturated heterocycles. The van der Waals surface area contributed by atoms with Gasteiger partial charge in [-0.15, -0.1) is 0 Å². The zero-order chi connectivity index (χ0) is 16.1. The maximum atomic E-state index is 11.6. The van der Waals surface area contributed by atoms with Gasteiger partial charge in [0.1, 0.15) is 0 Å². The number of nitrogens with one attached hydrogen (secondary N) is 1. The van der Waals surface area contributed by atoms with Gasteiger partial charge in [0.05, 0.1) is 5.41 Å². The Kier molecular flexibility index (Phi) is 11.0. The molecule has 0 atom stereocenters. The van der Waals surface area contributed by atoms with Gasteiger partial charge in [-0.3, -0.25) is 9.59 Å². The molecule has 0 heterocycles. The van der Waals surface area contributed by atoms with E-state index in [1.807, 2.05) is 0 Å². The first-order valence-corrected chi connectivity index (χ1v) is 8.40. The van der Waals surface area contributed by atoms with Crippen LogP contribution in [-0.2, 0) is 9.59 Å². The number of hydrogen-bond acceptors (Lipinski definition) is 2. The molecule has 4 heteroatoms. The molecule has 2 N–H and O–H groups in total. The summed E-state index contributed by atoms with van der Waals surface area (Å²) in [5.41, 5.74) is -0.895. The number of carboxylic acid groups (broad SMARTS) is 1. The molecule has 0 unspecified atom stereocenters. The van der Waals surface area contributed by atoms with E-state index in [-0.39, 0.29) is 12.5 Å². The molecule has 0 aromatic rings. The highest BCUT2D eigenvalue weighted by Crippen LogP contribution is 2.14. The number of amides is 1. The van der Waals surface area contributed by atoms with E-state index in [0.717, 1.165) is 12.8 Å². The Bertz CT molecular complexity index is 300. The second-order valence-corrected chi connectivity index (χ2v) is 6.54. The van der Waals surface area contributed by atoms with Crippen molar-refractivity contribution in [3.05, 3.63) is 0 Å². The number of carbonyl (C=O) groups is 2. The van der Waals surface area contributed by atoms with E-state index < -0.39 is 11.4 Å². The molecule has 0 aromatic carbocycles.